The lowest BCUT2D eigenvalue weighted by molar-refractivity contribution is -0.122. The molecule has 0 spiro atoms. The zero-order chi connectivity index (χ0) is 18.0. The number of nitrogens with zero attached hydrogens (tertiary/aromatic N) is 1. The number of halogens is 2. The van der Waals surface area contributed by atoms with Gasteiger partial charge in [-0.05, 0) is 65.1 Å². The Labute approximate surface area is 164 Å². The molecule has 0 unspecified atom stereocenters. The molecule has 0 aromatic heterocycles. The lowest BCUT2D eigenvalue weighted by atomic mass is 10.1. The average Bonchev–Trinajstić information content (AvgIpc) is 2.98. The standard InChI is InChI=1S/C18H16ClIN2O3/c1-25-16-7-2-12(19)9-15(16)22-10-11(8-17(22)23)18(24)21-14-5-3-13(20)4-6-14/h2-7,9,11H,8,10H2,1H3,(H,21,24)/t11-/m1/s1. The maximum atomic E-state index is 12.5. The van der Waals surface area contributed by atoms with Crippen LogP contribution >= 0.6 is 34.2 Å². The number of amides is 2. The second-order valence-electron chi connectivity index (χ2n) is 5.72. The quantitative estimate of drug-likeness (QED) is 0.689. The summed E-state index contributed by atoms with van der Waals surface area (Å²) in [6.45, 7) is 0.297. The van der Waals surface area contributed by atoms with Crippen LogP contribution in [-0.4, -0.2) is 25.5 Å². The molecular formula is C18H16ClIN2O3. The maximum absolute atomic E-state index is 12.5. The smallest absolute Gasteiger partial charge is 0.229 e. The van der Waals surface area contributed by atoms with E-state index in [4.69, 9.17) is 16.3 Å². The number of ether oxygens (including phenoxy) is 1. The van der Waals surface area contributed by atoms with Crippen LogP contribution in [0.5, 0.6) is 5.75 Å². The van der Waals surface area contributed by atoms with Gasteiger partial charge in [0.05, 0.1) is 18.7 Å². The van der Waals surface area contributed by atoms with Crippen LogP contribution in [-0.2, 0) is 9.59 Å². The predicted octanol–water partition coefficient (Wildman–Crippen LogP) is 3.94. The monoisotopic (exact) mass is 470 g/mol. The van der Waals surface area contributed by atoms with Crippen LogP contribution < -0.4 is 15.0 Å². The molecule has 2 aromatic carbocycles. The van der Waals surface area contributed by atoms with Crippen molar-refractivity contribution in [2.24, 2.45) is 5.92 Å². The summed E-state index contributed by atoms with van der Waals surface area (Å²) in [4.78, 5) is 26.5. The van der Waals surface area contributed by atoms with Crippen LogP contribution in [0.15, 0.2) is 42.5 Å². The molecule has 0 aliphatic carbocycles. The highest BCUT2D eigenvalue weighted by Gasteiger charge is 2.36. The Hall–Kier alpha value is -1.80. The number of nitrogens with one attached hydrogen (secondary N) is 1. The summed E-state index contributed by atoms with van der Waals surface area (Å²) in [6, 6.07) is 12.6. The van der Waals surface area contributed by atoms with Gasteiger partial charge in [-0.25, -0.2) is 0 Å². The SMILES string of the molecule is COc1ccc(Cl)cc1N1C[C@H](C(=O)Nc2ccc(I)cc2)CC1=O. The Morgan fingerprint density at radius 1 is 1.28 bits per heavy atom. The highest BCUT2D eigenvalue weighted by Crippen LogP contribution is 2.35. The molecule has 0 saturated carbocycles. The van der Waals surface area contributed by atoms with Crippen LogP contribution in [0.3, 0.4) is 0 Å². The van der Waals surface area contributed by atoms with Gasteiger partial charge in [0.25, 0.3) is 0 Å². The first kappa shape index (κ1) is 18.0. The van der Waals surface area contributed by atoms with Crippen LogP contribution in [0.25, 0.3) is 0 Å². The molecular weight excluding hydrogens is 455 g/mol. The fourth-order valence-corrected chi connectivity index (χ4v) is 3.29. The van der Waals surface area contributed by atoms with Crippen molar-refractivity contribution in [1.29, 1.82) is 0 Å². The van der Waals surface area contributed by atoms with Crippen molar-refractivity contribution in [3.63, 3.8) is 0 Å². The molecule has 7 heteroatoms. The fourth-order valence-electron chi connectivity index (χ4n) is 2.77. The summed E-state index contributed by atoms with van der Waals surface area (Å²) in [6.07, 6.45) is 0.159. The number of rotatable bonds is 4. The van der Waals surface area contributed by atoms with Crippen LogP contribution in [0.1, 0.15) is 6.42 Å². The molecule has 1 aliphatic heterocycles. The average molecular weight is 471 g/mol. The third kappa shape index (κ3) is 4.07. The Bertz CT molecular complexity index is 810. The van der Waals surface area contributed by atoms with Gasteiger partial charge in [0.1, 0.15) is 5.75 Å². The van der Waals surface area contributed by atoms with Crippen molar-refractivity contribution in [3.8, 4) is 5.75 Å². The van der Waals surface area contributed by atoms with Gasteiger partial charge >= 0.3 is 0 Å². The van der Waals surface area contributed by atoms with E-state index in [1.165, 1.54) is 7.11 Å². The van der Waals surface area contributed by atoms with Crippen molar-refractivity contribution in [2.75, 3.05) is 23.9 Å². The lowest BCUT2D eigenvalue weighted by Crippen LogP contribution is -2.28. The van der Waals surface area contributed by atoms with E-state index >= 15 is 0 Å². The minimum absolute atomic E-state index is 0.122. The molecule has 3 rings (SSSR count). The molecule has 5 nitrogen and oxygen atoms in total. The third-order valence-electron chi connectivity index (χ3n) is 4.04. The van der Waals surface area contributed by atoms with E-state index in [-0.39, 0.29) is 18.2 Å². The first-order valence-corrected chi connectivity index (χ1v) is 9.14. The molecule has 2 aromatic rings. The lowest BCUT2D eigenvalue weighted by Gasteiger charge is -2.19. The predicted molar refractivity (Wildman–Crippen MR) is 106 cm³/mol. The maximum Gasteiger partial charge on any atom is 0.229 e. The van der Waals surface area contributed by atoms with Gasteiger partial charge in [0, 0.05) is 27.2 Å². The van der Waals surface area contributed by atoms with Crippen LogP contribution in [0, 0.1) is 9.49 Å². The Morgan fingerprint density at radius 3 is 2.68 bits per heavy atom. The highest BCUT2D eigenvalue weighted by molar-refractivity contribution is 14.1. The largest absolute Gasteiger partial charge is 0.495 e. The van der Waals surface area contributed by atoms with Crippen molar-refractivity contribution in [3.05, 3.63) is 51.1 Å². The van der Waals surface area contributed by atoms with Gasteiger partial charge in [-0.1, -0.05) is 11.6 Å². The summed E-state index contributed by atoms with van der Waals surface area (Å²) in [7, 11) is 1.54. The van der Waals surface area contributed by atoms with Crippen LogP contribution in [0.2, 0.25) is 5.02 Å². The third-order valence-corrected chi connectivity index (χ3v) is 4.99. The van der Waals surface area contributed by atoms with E-state index in [1.54, 1.807) is 23.1 Å². The number of carbonyl (C=O) groups excluding carboxylic acids is 2. The minimum atomic E-state index is -0.421. The van der Waals surface area contributed by atoms with Crippen molar-refractivity contribution < 1.29 is 14.3 Å². The summed E-state index contributed by atoms with van der Waals surface area (Å²) in [5.74, 6) is -0.159. The Morgan fingerprint density at radius 2 is 2.00 bits per heavy atom. The molecule has 130 valence electrons. The number of benzene rings is 2. The van der Waals surface area contributed by atoms with Gasteiger partial charge in [0.2, 0.25) is 11.8 Å². The zero-order valence-corrected chi connectivity index (χ0v) is 16.4. The van der Waals surface area contributed by atoms with Gasteiger partial charge < -0.3 is 15.0 Å². The Kier molecular flexibility index (Phi) is 5.48. The van der Waals surface area contributed by atoms with Crippen molar-refractivity contribution in [2.45, 2.75) is 6.42 Å². The summed E-state index contributed by atoms with van der Waals surface area (Å²) >= 11 is 8.25. The highest BCUT2D eigenvalue weighted by atomic mass is 127. The first-order valence-electron chi connectivity index (χ1n) is 7.68. The van der Waals surface area contributed by atoms with E-state index in [0.717, 1.165) is 9.26 Å². The van der Waals surface area contributed by atoms with E-state index in [2.05, 4.69) is 27.9 Å². The molecule has 1 fully saturated rings. The van der Waals surface area contributed by atoms with Crippen LogP contribution in [0.4, 0.5) is 11.4 Å². The summed E-state index contributed by atoms with van der Waals surface area (Å²) in [5.41, 5.74) is 1.31. The number of anilines is 2. The van der Waals surface area contributed by atoms with Gasteiger partial charge in [-0.2, -0.15) is 0 Å². The van der Waals surface area contributed by atoms with E-state index in [1.807, 2.05) is 24.3 Å². The normalized spacial score (nSPS) is 16.8. The molecule has 1 atom stereocenters. The number of hydrogen-bond donors (Lipinski definition) is 1. The molecule has 0 radical (unpaired) electrons. The Balaban J connectivity index is 1.75. The molecule has 1 heterocycles. The molecule has 1 saturated heterocycles. The van der Waals surface area contributed by atoms with Crippen molar-refractivity contribution >= 4 is 57.4 Å². The van der Waals surface area contributed by atoms with Gasteiger partial charge in [0.15, 0.2) is 0 Å². The summed E-state index contributed by atoms with van der Waals surface area (Å²) in [5, 5.41) is 3.37. The van der Waals surface area contributed by atoms with Gasteiger partial charge in [-0.3, -0.25) is 9.59 Å². The molecule has 0 bridgehead atoms. The summed E-state index contributed by atoms with van der Waals surface area (Å²) < 4.78 is 6.40. The molecule has 25 heavy (non-hydrogen) atoms. The second-order valence-corrected chi connectivity index (χ2v) is 7.40. The van der Waals surface area contributed by atoms with Crippen molar-refractivity contribution in [1.82, 2.24) is 0 Å². The van der Waals surface area contributed by atoms with E-state index in [0.29, 0.717) is 23.0 Å². The topological polar surface area (TPSA) is 58.6 Å². The van der Waals surface area contributed by atoms with E-state index in [9.17, 15) is 9.59 Å². The number of hydrogen-bond acceptors (Lipinski definition) is 3. The first-order chi connectivity index (χ1) is 12.0. The fraction of sp³-hybridized carbons (Fsp3) is 0.222. The minimum Gasteiger partial charge on any atom is -0.495 e. The molecule has 2 amide bonds. The van der Waals surface area contributed by atoms with E-state index < -0.39 is 5.92 Å². The zero-order valence-electron chi connectivity index (χ0n) is 13.5. The number of carbonyl (C=O) groups is 2. The second kappa shape index (κ2) is 7.61. The molecule has 1 N–H and O–H groups in total. The molecule has 1 aliphatic rings. The number of methoxy groups -OCH3 is 1. The van der Waals surface area contributed by atoms with Gasteiger partial charge in [-0.15, -0.1) is 0 Å².